The molecule has 17 heavy (non-hydrogen) atoms. The highest BCUT2D eigenvalue weighted by molar-refractivity contribution is 7.92. The largest absolute Gasteiger partial charge is 0.394 e. The summed E-state index contributed by atoms with van der Waals surface area (Å²) in [4.78, 5) is 0. The first-order valence-electron chi connectivity index (χ1n) is 4.71. The minimum absolute atomic E-state index is 0.0912. The molecular formula is C8H10ClN3O3S2. The summed E-state index contributed by atoms with van der Waals surface area (Å²) >= 11 is 6.72. The van der Waals surface area contributed by atoms with Crippen LogP contribution in [0, 0.1) is 0 Å². The smallest absolute Gasteiger partial charge is 0.297 e. The maximum absolute atomic E-state index is 11.8. The minimum Gasteiger partial charge on any atom is -0.394 e. The van der Waals surface area contributed by atoms with Crippen molar-refractivity contribution in [1.29, 1.82) is 0 Å². The second-order valence-electron chi connectivity index (χ2n) is 3.52. The summed E-state index contributed by atoms with van der Waals surface area (Å²) in [6.07, 6.45) is 0. The van der Waals surface area contributed by atoms with Crippen LogP contribution in [0.4, 0.5) is 5.69 Å². The number of guanidine groups is 1. The van der Waals surface area contributed by atoms with Crippen LogP contribution in [-0.2, 0) is 10.0 Å². The molecule has 6 nitrogen and oxygen atoms in total. The third kappa shape index (κ3) is 2.54. The lowest BCUT2D eigenvalue weighted by Crippen LogP contribution is -2.41. The lowest BCUT2D eigenvalue weighted by Gasteiger charge is -2.18. The number of thiophene rings is 1. The fourth-order valence-electron chi connectivity index (χ4n) is 1.28. The Morgan fingerprint density at radius 2 is 2.41 bits per heavy atom. The maximum Gasteiger partial charge on any atom is 0.297 e. The van der Waals surface area contributed by atoms with Gasteiger partial charge in [0.2, 0.25) is 5.96 Å². The second-order valence-corrected chi connectivity index (χ2v) is 7.00. The van der Waals surface area contributed by atoms with E-state index in [0.29, 0.717) is 10.0 Å². The highest BCUT2D eigenvalue weighted by Gasteiger charge is 2.28. The number of aliphatic hydroxyl groups is 1. The van der Waals surface area contributed by atoms with E-state index >= 15 is 0 Å². The number of halogens is 1. The Morgan fingerprint density at radius 1 is 1.71 bits per heavy atom. The number of fused-ring (bicyclic) bond motifs is 1. The van der Waals surface area contributed by atoms with Crippen LogP contribution in [0.15, 0.2) is 14.7 Å². The molecular weight excluding hydrogens is 286 g/mol. The molecule has 1 aliphatic rings. The van der Waals surface area contributed by atoms with E-state index in [1.54, 1.807) is 6.92 Å². The molecule has 0 radical (unpaired) electrons. The maximum atomic E-state index is 11.8. The Morgan fingerprint density at radius 3 is 3.06 bits per heavy atom. The van der Waals surface area contributed by atoms with E-state index in [1.807, 2.05) is 0 Å². The number of aliphatic hydroxyl groups excluding tert-OH is 1. The summed E-state index contributed by atoms with van der Waals surface area (Å²) in [6, 6.07) is 1.23. The Labute approximate surface area is 107 Å². The van der Waals surface area contributed by atoms with E-state index in [-0.39, 0.29) is 22.8 Å². The summed E-state index contributed by atoms with van der Waals surface area (Å²) in [5, 5.41) is 14.4. The average Bonchev–Trinajstić information content (AvgIpc) is 2.58. The number of hydrogen-bond donors (Lipinski definition) is 3. The van der Waals surface area contributed by atoms with Crippen LogP contribution < -0.4 is 10.6 Å². The highest BCUT2D eigenvalue weighted by Crippen LogP contribution is 2.37. The Bertz CT molecular complexity index is 567. The summed E-state index contributed by atoms with van der Waals surface area (Å²) < 4.78 is 27.6. The molecule has 0 saturated heterocycles. The van der Waals surface area contributed by atoms with Gasteiger partial charge < -0.3 is 15.7 Å². The number of sulfonamides is 1. The van der Waals surface area contributed by atoms with Crippen molar-refractivity contribution in [2.75, 3.05) is 11.9 Å². The number of nitrogens with zero attached hydrogens (tertiary/aromatic N) is 1. The Kier molecular flexibility index (Phi) is 3.30. The van der Waals surface area contributed by atoms with Gasteiger partial charge in [0.05, 0.1) is 16.6 Å². The van der Waals surface area contributed by atoms with Gasteiger partial charge >= 0.3 is 0 Å². The molecule has 0 unspecified atom stereocenters. The summed E-state index contributed by atoms with van der Waals surface area (Å²) in [7, 11) is -3.71. The molecule has 0 fully saturated rings. The first-order valence-corrected chi connectivity index (χ1v) is 7.34. The zero-order valence-electron chi connectivity index (χ0n) is 8.77. The van der Waals surface area contributed by atoms with Crippen molar-refractivity contribution < 1.29 is 13.5 Å². The zero-order chi connectivity index (χ0) is 12.6. The fourth-order valence-corrected chi connectivity index (χ4v) is 3.94. The van der Waals surface area contributed by atoms with Gasteiger partial charge in [-0.2, -0.15) is 8.42 Å². The lowest BCUT2D eigenvalue weighted by atomic mass is 10.4. The summed E-state index contributed by atoms with van der Waals surface area (Å²) in [5.41, 5.74) is 0.405. The predicted octanol–water partition coefficient (Wildman–Crippen LogP) is 0.842. The molecule has 3 N–H and O–H groups in total. The van der Waals surface area contributed by atoms with Gasteiger partial charge in [0.15, 0.2) is 4.21 Å². The number of nitrogens with one attached hydrogen (secondary N) is 2. The fraction of sp³-hybridized carbons (Fsp3) is 0.375. The van der Waals surface area contributed by atoms with Gasteiger partial charge in [-0.1, -0.05) is 11.6 Å². The van der Waals surface area contributed by atoms with Crippen molar-refractivity contribution in [2.45, 2.75) is 17.2 Å². The number of rotatable bonds is 2. The van der Waals surface area contributed by atoms with E-state index < -0.39 is 10.0 Å². The van der Waals surface area contributed by atoms with Crippen molar-refractivity contribution in [3.05, 3.63) is 10.4 Å². The molecule has 0 aromatic carbocycles. The molecule has 1 aliphatic heterocycles. The molecule has 0 bridgehead atoms. The van der Waals surface area contributed by atoms with Gasteiger partial charge in [-0.25, -0.2) is 0 Å². The first-order chi connectivity index (χ1) is 7.92. The van der Waals surface area contributed by atoms with E-state index in [4.69, 9.17) is 16.7 Å². The average molecular weight is 296 g/mol. The van der Waals surface area contributed by atoms with Gasteiger partial charge in [0.25, 0.3) is 10.0 Å². The van der Waals surface area contributed by atoms with Gasteiger partial charge in [-0.3, -0.25) is 0 Å². The molecule has 1 aromatic heterocycles. The van der Waals surface area contributed by atoms with Crippen LogP contribution >= 0.6 is 22.9 Å². The van der Waals surface area contributed by atoms with Crippen LogP contribution in [0.5, 0.6) is 0 Å². The SMILES string of the molecule is C[C@@H](CO)NC1=NS(=O)(=O)c2sc(Cl)cc2N1. The summed E-state index contributed by atoms with van der Waals surface area (Å²) in [6.45, 7) is 1.57. The van der Waals surface area contributed by atoms with E-state index in [2.05, 4.69) is 15.0 Å². The van der Waals surface area contributed by atoms with Gasteiger partial charge in [-0.05, 0) is 13.0 Å². The van der Waals surface area contributed by atoms with Gasteiger partial charge in [-0.15, -0.1) is 15.7 Å². The van der Waals surface area contributed by atoms with Crippen LogP contribution in [-0.4, -0.2) is 32.1 Å². The summed E-state index contributed by atoms with van der Waals surface area (Å²) in [5.74, 6) is 0.0912. The molecule has 0 aliphatic carbocycles. The standard InChI is InChI=1S/C8H10ClN3O3S2/c1-4(3-13)10-8-11-5-2-6(9)16-7(5)17(14,15)12-8/h2,4,13H,3H2,1H3,(H2,10,11,12)/t4-/m0/s1. The van der Waals surface area contributed by atoms with Crippen LogP contribution in [0.1, 0.15) is 6.92 Å². The molecule has 0 spiro atoms. The molecule has 1 atom stereocenters. The monoisotopic (exact) mass is 295 g/mol. The predicted molar refractivity (Wildman–Crippen MR) is 67.3 cm³/mol. The van der Waals surface area contributed by atoms with Crippen molar-refractivity contribution in [3.8, 4) is 0 Å². The molecule has 1 aromatic rings. The first kappa shape index (κ1) is 12.6. The third-order valence-corrected chi connectivity index (χ3v) is 5.08. The highest BCUT2D eigenvalue weighted by atomic mass is 35.5. The topological polar surface area (TPSA) is 90.8 Å². The van der Waals surface area contributed by atoms with Crippen LogP contribution in [0.25, 0.3) is 0 Å². The molecule has 2 rings (SSSR count). The van der Waals surface area contributed by atoms with Gasteiger partial charge in [0, 0.05) is 6.04 Å². The van der Waals surface area contributed by atoms with Gasteiger partial charge in [0.1, 0.15) is 0 Å². The van der Waals surface area contributed by atoms with Crippen molar-refractivity contribution >= 4 is 44.6 Å². The molecule has 9 heteroatoms. The molecule has 0 amide bonds. The Hall–Kier alpha value is -0.830. The van der Waals surface area contributed by atoms with Crippen molar-refractivity contribution in [1.82, 2.24) is 5.32 Å². The van der Waals surface area contributed by atoms with Crippen LogP contribution in [0.3, 0.4) is 0 Å². The lowest BCUT2D eigenvalue weighted by molar-refractivity contribution is 0.264. The minimum atomic E-state index is -3.71. The number of hydrogen-bond acceptors (Lipinski definition) is 6. The normalized spacial score (nSPS) is 18.9. The second kappa shape index (κ2) is 4.45. The number of anilines is 1. The van der Waals surface area contributed by atoms with E-state index in [9.17, 15) is 8.42 Å². The quantitative estimate of drug-likeness (QED) is 0.752. The van der Waals surface area contributed by atoms with Crippen molar-refractivity contribution in [2.24, 2.45) is 4.40 Å². The molecule has 2 heterocycles. The molecule has 94 valence electrons. The van der Waals surface area contributed by atoms with Crippen LogP contribution in [0.2, 0.25) is 4.34 Å². The third-order valence-electron chi connectivity index (χ3n) is 2.02. The van der Waals surface area contributed by atoms with E-state index in [1.165, 1.54) is 6.07 Å². The Balaban J connectivity index is 2.34. The zero-order valence-corrected chi connectivity index (χ0v) is 11.2. The van der Waals surface area contributed by atoms with Crippen molar-refractivity contribution in [3.63, 3.8) is 0 Å². The molecule has 0 saturated carbocycles. The van der Waals surface area contributed by atoms with E-state index in [0.717, 1.165) is 11.3 Å².